The molecule has 0 bridgehead atoms. The third-order valence-corrected chi connectivity index (χ3v) is 8.89. The number of nitrogens with zero attached hydrogens (tertiary/aromatic N) is 1. The molecular weight excluding hydrogens is 502 g/mol. The van der Waals surface area contributed by atoms with Crippen molar-refractivity contribution in [2.24, 2.45) is 17.6 Å². The van der Waals surface area contributed by atoms with Crippen LogP contribution < -0.4 is 11.1 Å². The maximum Gasteiger partial charge on any atom is 0.255 e. The molecule has 2 saturated carbocycles. The van der Waals surface area contributed by atoms with E-state index in [1.165, 1.54) is 11.0 Å². The average molecular weight is 532 g/mol. The van der Waals surface area contributed by atoms with Crippen LogP contribution in [0.4, 0.5) is 0 Å². The second kappa shape index (κ2) is 8.83. The standard InChI is InChI=1S/C26H30ClN3O7/c1-30(2)20-14-7-10-6-13-17(15(31)8-11(19(13)27)9-29-12-4-3-5-12)21(32)16(10)23(34)26(14,37)24(35)18(22(20)33)25(28)36/h8,10,12,14,20,29,31-32,35,37H,3-7,9H2,1-2H3,(H2,28,36)/t10-,14-,20-,26-/m0/s1. The summed E-state index contributed by atoms with van der Waals surface area (Å²) in [7, 11) is 3.12. The van der Waals surface area contributed by atoms with Crippen LogP contribution in [0.1, 0.15) is 42.4 Å². The number of rotatable bonds is 5. The summed E-state index contributed by atoms with van der Waals surface area (Å²) in [5.41, 5.74) is 2.77. The summed E-state index contributed by atoms with van der Waals surface area (Å²) in [5.74, 6) is -6.80. The number of fused-ring (bicyclic) bond motifs is 3. The lowest BCUT2D eigenvalue weighted by Crippen LogP contribution is -2.65. The number of benzene rings is 1. The second-order valence-electron chi connectivity index (χ2n) is 10.7. The van der Waals surface area contributed by atoms with Crippen molar-refractivity contribution in [2.75, 3.05) is 14.1 Å². The van der Waals surface area contributed by atoms with Crippen molar-refractivity contribution in [3.8, 4) is 5.75 Å². The zero-order chi connectivity index (χ0) is 27.0. The third-order valence-electron chi connectivity index (χ3n) is 8.42. The van der Waals surface area contributed by atoms with Crippen LogP contribution >= 0.6 is 11.6 Å². The zero-order valence-electron chi connectivity index (χ0n) is 20.5. The van der Waals surface area contributed by atoms with Crippen LogP contribution in [0.2, 0.25) is 5.02 Å². The monoisotopic (exact) mass is 531 g/mol. The van der Waals surface area contributed by atoms with Crippen LogP contribution in [-0.2, 0) is 27.3 Å². The van der Waals surface area contributed by atoms with E-state index < -0.39 is 58.0 Å². The molecule has 0 unspecified atom stereocenters. The van der Waals surface area contributed by atoms with Crippen LogP contribution in [0, 0.1) is 11.8 Å². The van der Waals surface area contributed by atoms with Crippen LogP contribution in [0.3, 0.4) is 0 Å². The van der Waals surface area contributed by atoms with Gasteiger partial charge in [0.1, 0.15) is 22.8 Å². The quantitative estimate of drug-likeness (QED) is 0.306. The molecule has 0 heterocycles. The molecule has 0 aliphatic heterocycles. The van der Waals surface area contributed by atoms with Gasteiger partial charge in [-0.1, -0.05) is 18.0 Å². The van der Waals surface area contributed by atoms with E-state index in [0.717, 1.165) is 19.3 Å². The molecule has 1 aromatic rings. The van der Waals surface area contributed by atoms with Gasteiger partial charge in [-0.3, -0.25) is 19.3 Å². The number of aliphatic hydroxyl groups excluding tert-OH is 2. The first-order valence-electron chi connectivity index (χ1n) is 12.3. The minimum Gasteiger partial charge on any atom is -0.508 e. The zero-order valence-corrected chi connectivity index (χ0v) is 21.3. The van der Waals surface area contributed by atoms with Crippen molar-refractivity contribution >= 4 is 34.8 Å². The number of Topliss-reactive ketones (excluding diaryl/α,β-unsaturated/α-hetero) is 2. The summed E-state index contributed by atoms with van der Waals surface area (Å²) >= 11 is 6.74. The van der Waals surface area contributed by atoms with Gasteiger partial charge in [-0.15, -0.1) is 0 Å². The fraction of sp³-hybridized carbons (Fsp3) is 0.500. The van der Waals surface area contributed by atoms with Crippen LogP contribution in [0.15, 0.2) is 23.0 Å². The number of hydrogen-bond acceptors (Lipinski definition) is 9. The molecule has 7 N–H and O–H groups in total. The lowest BCUT2D eigenvalue weighted by atomic mass is 9.57. The number of hydrogen-bond donors (Lipinski definition) is 6. The van der Waals surface area contributed by atoms with Gasteiger partial charge in [0.15, 0.2) is 11.4 Å². The van der Waals surface area contributed by atoms with Crippen molar-refractivity contribution in [3.05, 3.63) is 44.7 Å². The molecule has 0 spiro atoms. The highest BCUT2D eigenvalue weighted by Crippen LogP contribution is 2.53. The topological polar surface area (TPSA) is 173 Å². The maximum atomic E-state index is 13.8. The number of carbonyl (C=O) groups excluding carboxylic acids is 3. The number of phenolic OH excluding ortho intramolecular Hbond substituents is 1. The van der Waals surface area contributed by atoms with Crippen molar-refractivity contribution < 1.29 is 34.8 Å². The van der Waals surface area contributed by atoms with Gasteiger partial charge in [-0.25, -0.2) is 0 Å². The Morgan fingerprint density at radius 3 is 2.49 bits per heavy atom. The number of nitrogens with one attached hydrogen (secondary N) is 1. The molecule has 1 aromatic carbocycles. The summed E-state index contributed by atoms with van der Waals surface area (Å²) in [5, 5.41) is 48.3. The number of amides is 1. The van der Waals surface area contributed by atoms with E-state index in [1.54, 1.807) is 14.1 Å². The summed E-state index contributed by atoms with van der Waals surface area (Å²) < 4.78 is 0. The Kier molecular flexibility index (Phi) is 6.14. The molecule has 0 saturated heterocycles. The van der Waals surface area contributed by atoms with Gasteiger partial charge in [-0.2, -0.15) is 0 Å². The van der Waals surface area contributed by atoms with E-state index in [-0.39, 0.29) is 29.7 Å². The molecule has 2 fully saturated rings. The first-order chi connectivity index (χ1) is 17.4. The van der Waals surface area contributed by atoms with Gasteiger partial charge in [0.25, 0.3) is 5.91 Å². The van der Waals surface area contributed by atoms with Crippen molar-refractivity contribution in [2.45, 2.75) is 56.3 Å². The van der Waals surface area contributed by atoms with Crippen LogP contribution in [0.25, 0.3) is 5.76 Å². The molecule has 10 nitrogen and oxygen atoms in total. The van der Waals surface area contributed by atoms with Crippen molar-refractivity contribution in [1.82, 2.24) is 10.2 Å². The molecule has 4 atom stereocenters. The predicted molar refractivity (Wildman–Crippen MR) is 134 cm³/mol. The Morgan fingerprint density at radius 2 is 1.92 bits per heavy atom. The van der Waals surface area contributed by atoms with E-state index in [1.807, 2.05) is 0 Å². The van der Waals surface area contributed by atoms with E-state index in [2.05, 4.69) is 5.32 Å². The van der Waals surface area contributed by atoms with Gasteiger partial charge in [-0.05, 0) is 62.9 Å². The van der Waals surface area contributed by atoms with Gasteiger partial charge in [0, 0.05) is 29.1 Å². The normalized spacial score (nSPS) is 29.7. The number of nitrogens with two attached hydrogens (primary N) is 1. The number of halogens is 1. The van der Waals surface area contributed by atoms with E-state index in [4.69, 9.17) is 17.3 Å². The highest BCUT2D eigenvalue weighted by Gasteiger charge is 2.64. The Balaban J connectivity index is 1.63. The summed E-state index contributed by atoms with van der Waals surface area (Å²) in [6.45, 7) is 0.430. The van der Waals surface area contributed by atoms with E-state index >= 15 is 0 Å². The Bertz CT molecular complexity index is 1300. The molecular formula is C26H30ClN3O7. The molecule has 4 aliphatic carbocycles. The molecule has 0 radical (unpaired) electrons. The second-order valence-corrected chi connectivity index (χ2v) is 11.1. The lowest BCUT2D eigenvalue weighted by Gasteiger charge is -2.50. The first-order valence-corrected chi connectivity index (χ1v) is 12.7. The molecule has 4 aliphatic rings. The van der Waals surface area contributed by atoms with Gasteiger partial charge in [0.05, 0.1) is 11.6 Å². The number of phenols is 1. The van der Waals surface area contributed by atoms with Crippen LogP contribution in [0.5, 0.6) is 5.75 Å². The Hall–Kier alpha value is -2.92. The maximum absolute atomic E-state index is 13.8. The Labute approximate surface area is 218 Å². The fourth-order valence-corrected chi connectivity index (χ4v) is 6.64. The van der Waals surface area contributed by atoms with Crippen molar-refractivity contribution in [3.63, 3.8) is 0 Å². The third kappa shape index (κ3) is 3.61. The van der Waals surface area contributed by atoms with Gasteiger partial charge >= 0.3 is 0 Å². The minimum absolute atomic E-state index is 0.00585. The fourth-order valence-electron chi connectivity index (χ4n) is 6.34. The van der Waals surface area contributed by atoms with E-state index in [9.17, 15) is 34.8 Å². The number of primary amides is 1. The molecule has 198 valence electrons. The predicted octanol–water partition coefficient (Wildman–Crippen LogP) is 1.26. The van der Waals surface area contributed by atoms with Gasteiger partial charge < -0.3 is 31.5 Å². The largest absolute Gasteiger partial charge is 0.508 e. The molecule has 37 heavy (non-hydrogen) atoms. The minimum atomic E-state index is -2.66. The van der Waals surface area contributed by atoms with Crippen LogP contribution in [-0.4, -0.2) is 74.6 Å². The summed E-state index contributed by atoms with van der Waals surface area (Å²) in [4.78, 5) is 40.4. The highest BCUT2D eigenvalue weighted by atomic mass is 35.5. The van der Waals surface area contributed by atoms with Gasteiger partial charge in [0.2, 0.25) is 5.78 Å². The number of carbonyl (C=O) groups is 3. The lowest BCUT2D eigenvalue weighted by molar-refractivity contribution is -0.153. The number of likely N-dealkylation sites (N-methyl/N-ethyl adjacent to an activating group) is 1. The number of aromatic hydroxyl groups is 1. The first kappa shape index (κ1) is 25.7. The Morgan fingerprint density at radius 1 is 1.24 bits per heavy atom. The van der Waals surface area contributed by atoms with Crippen molar-refractivity contribution in [1.29, 1.82) is 0 Å². The molecule has 1 amide bonds. The summed E-state index contributed by atoms with van der Waals surface area (Å²) in [6, 6.07) is 0.707. The average Bonchev–Trinajstić information content (AvgIpc) is 2.77. The number of ketones is 2. The van der Waals surface area contributed by atoms with E-state index in [0.29, 0.717) is 28.7 Å². The summed E-state index contributed by atoms with van der Waals surface area (Å²) in [6.07, 6.45) is 3.49. The SMILES string of the molecule is CN(C)[C@@H]1C(=O)C(C(N)=O)=C(O)[C@@]2(O)C(=O)C3=C(O)c4c(O)cc(CNC5CCC5)c(Cl)c4C[C@H]3C[C@@H]12. The smallest absolute Gasteiger partial charge is 0.255 e. The molecule has 11 heteroatoms. The number of aliphatic hydroxyl groups is 3. The highest BCUT2D eigenvalue weighted by molar-refractivity contribution is 6.32. The molecule has 5 rings (SSSR count). The molecule has 0 aromatic heterocycles.